The Bertz CT molecular complexity index is 2930. The molecule has 1 aliphatic heterocycles. The summed E-state index contributed by atoms with van der Waals surface area (Å²) in [4.78, 5) is 0. The van der Waals surface area contributed by atoms with E-state index in [-0.39, 0.29) is 12.2 Å². The van der Waals surface area contributed by atoms with E-state index < -0.39 is 0 Å². The van der Waals surface area contributed by atoms with E-state index in [1.54, 1.807) is 0 Å². The van der Waals surface area contributed by atoms with Crippen LogP contribution < -0.4 is 10.6 Å². The van der Waals surface area contributed by atoms with Crippen molar-refractivity contribution in [2.75, 3.05) is 10.6 Å². The SMILES string of the molecule is c1ccc2cc(C3Nc4ccc5ccccc5c4NC3n3c4ccccc4c4c5sc6ccccc6c5c5ccccc5c43)ccc2c1. The van der Waals surface area contributed by atoms with E-state index in [0.717, 1.165) is 11.4 Å². The van der Waals surface area contributed by atoms with Gasteiger partial charge in [0.25, 0.3) is 0 Å². The third kappa shape index (κ3) is 3.58. The van der Waals surface area contributed by atoms with Crippen molar-refractivity contribution in [1.29, 1.82) is 0 Å². The highest BCUT2D eigenvalue weighted by Crippen LogP contribution is 2.51. The molecule has 0 saturated heterocycles. The van der Waals surface area contributed by atoms with Crippen LogP contribution >= 0.6 is 11.3 Å². The smallest absolute Gasteiger partial charge is 0.129 e. The summed E-state index contributed by atoms with van der Waals surface area (Å²) in [6.07, 6.45) is -0.123. The van der Waals surface area contributed by atoms with Crippen molar-refractivity contribution < 1.29 is 0 Å². The van der Waals surface area contributed by atoms with Gasteiger partial charge in [0, 0.05) is 41.7 Å². The third-order valence-electron chi connectivity index (χ3n) is 10.4. The molecule has 0 amide bonds. The number of benzene rings is 8. The van der Waals surface area contributed by atoms with Gasteiger partial charge in [-0.3, -0.25) is 0 Å². The molecule has 0 spiro atoms. The topological polar surface area (TPSA) is 29.0 Å². The molecule has 8 aromatic carbocycles. The fourth-order valence-corrected chi connectivity index (χ4v) is 9.63. The first-order chi connectivity index (χ1) is 23.8. The lowest BCUT2D eigenvalue weighted by molar-refractivity contribution is 0.508. The number of para-hydroxylation sites is 1. The normalized spacial score (nSPS) is 16.2. The number of nitrogens with one attached hydrogen (secondary N) is 2. The van der Waals surface area contributed by atoms with Gasteiger partial charge >= 0.3 is 0 Å². The van der Waals surface area contributed by atoms with Crippen LogP contribution in [0.4, 0.5) is 11.4 Å². The van der Waals surface area contributed by atoms with Gasteiger partial charge in [0.05, 0.1) is 28.5 Å². The van der Waals surface area contributed by atoms with Gasteiger partial charge in [-0.25, -0.2) is 0 Å². The largest absolute Gasteiger partial charge is 0.373 e. The van der Waals surface area contributed by atoms with Crippen molar-refractivity contribution >= 4 is 97.0 Å². The Morgan fingerprint density at radius 2 is 1.17 bits per heavy atom. The highest BCUT2D eigenvalue weighted by molar-refractivity contribution is 7.27. The molecule has 2 aromatic heterocycles. The molecule has 1 aliphatic rings. The van der Waals surface area contributed by atoms with Gasteiger partial charge in [-0.2, -0.15) is 0 Å². The number of hydrogen-bond donors (Lipinski definition) is 2. The summed E-state index contributed by atoms with van der Waals surface area (Å²) in [6, 6.07) is 55.6. The Hall–Kier alpha value is -5.84. The van der Waals surface area contributed by atoms with Crippen LogP contribution in [0.1, 0.15) is 17.8 Å². The van der Waals surface area contributed by atoms with Gasteiger partial charge in [0.1, 0.15) is 6.17 Å². The Morgan fingerprint density at radius 3 is 2.04 bits per heavy atom. The van der Waals surface area contributed by atoms with Crippen LogP contribution in [0.2, 0.25) is 0 Å². The number of nitrogens with zero attached hydrogens (tertiary/aromatic N) is 1. The highest BCUT2D eigenvalue weighted by atomic mass is 32.1. The molecule has 3 heterocycles. The molecule has 0 radical (unpaired) electrons. The number of aromatic nitrogens is 1. The monoisotopic (exact) mass is 631 g/mol. The molecule has 10 aromatic rings. The summed E-state index contributed by atoms with van der Waals surface area (Å²) in [5, 5.41) is 21.1. The van der Waals surface area contributed by atoms with E-state index in [4.69, 9.17) is 0 Å². The Labute approximate surface area is 280 Å². The Morgan fingerprint density at radius 1 is 0.500 bits per heavy atom. The second-order valence-electron chi connectivity index (χ2n) is 13.0. The maximum Gasteiger partial charge on any atom is 0.129 e. The molecular weight excluding hydrogens is 603 g/mol. The number of rotatable bonds is 2. The Kier molecular flexibility index (Phi) is 5.38. The maximum absolute atomic E-state index is 4.17. The van der Waals surface area contributed by atoms with E-state index >= 15 is 0 Å². The van der Waals surface area contributed by atoms with Crippen LogP contribution in [-0.2, 0) is 0 Å². The fourth-order valence-electron chi connectivity index (χ4n) is 8.35. The fraction of sp³-hybridized carbons (Fsp3) is 0.0455. The molecule has 0 saturated carbocycles. The van der Waals surface area contributed by atoms with Gasteiger partial charge < -0.3 is 15.2 Å². The average molecular weight is 632 g/mol. The summed E-state index contributed by atoms with van der Waals surface area (Å²) in [5.74, 6) is 0. The van der Waals surface area contributed by atoms with Crippen LogP contribution in [-0.4, -0.2) is 4.57 Å². The molecule has 2 N–H and O–H groups in total. The van der Waals surface area contributed by atoms with Crippen molar-refractivity contribution in [3.05, 3.63) is 157 Å². The standard InChI is InChI=1S/C44H29N3S/c1-2-13-28-25-29(22-21-26(28)11-1)40-44(46-41-30-14-4-3-12-27(30)23-24-35(41)45-40)47-36-19-9-7-17-33(36)39-42(47)32-16-6-5-15-31(32)38-34-18-8-10-20-37(34)48-43(38)39/h1-25,40,44-46H. The van der Waals surface area contributed by atoms with Crippen LogP contribution in [0.5, 0.6) is 0 Å². The molecule has 0 fully saturated rings. The first kappa shape index (κ1) is 26.3. The minimum absolute atomic E-state index is 0.0425. The van der Waals surface area contributed by atoms with Gasteiger partial charge in [-0.05, 0) is 51.4 Å². The van der Waals surface area contributed by atoms with Crippen molar-refractivity contribution in [2.45, 2.75) is 12.2 Å². The minimum atomic E-state index is -0.123. The lowest BCUT2D eigenvalue weighted by Crippen LogP contribution is -2.34. The molecule has 0 aliphatic carbocycles. The van der Waals surface area contributed by atoms with E-state index in [9.17, 15) is 0 Å². The van der Waals surface area contributed by atoms with Crippen LogP contribution in [0.3, 0.4) is 0 Å². The van der Waals surface area contributed by atoms with Crippen molar-refractivity contribution in [2.24, 2.45) is 0 Å². The molecule has 4 heteroatoms. The van der Waals surface area contributed by atoms with E-state index in [0.29, 0.717) is 0 Å². The number of hydrogen-bond acceptors (Lipinski definition) is 3. The van der Waals surface area contributed by atoms with Gasteiger partial charge in [0.2, 0.25) is 0 Å². The summed E-state index contributed by atoms with van der Waals surface area (Å²) < 4.78 is 5.29. The third-order valence-corrected chi connectivity index (χ3v) is 11.6. The van der Waals surface area contributed by atoms with E-state index in [1.807, 2.05) is 11.3 Å². The molecule has 11 rings (SSSR count). The van der Waals surface area contributed by atoms with Crippen LogP contribution in [0.25, 0.3) is 74.3 Å². The molecule has 48 heavy (non-hydrogen) atoms. The first-order valence-electron chi connectivity index (χ1n) is 16.6. The lowest BCUT2D eigenvalue weighted by Gasteiger charge is -2.39. The maximum atomic E-state index is 4.17. The van der Waals surface area contributed by atoms with Crippen molar-refractivity contribution in [3.8, 4) is 0 Å². The second kappa shape index (κ2) is 9.83. The van der Waals surface area contributed by atoms with E-state index in [2.05, 4.69) is 167 Å². The Balaban J connectivity index is 1.28. The van der Waals surface area contributed by atoms with E-state index in [1.165, 1.54) is 79.9 Å². The van der Waals surface area contributed by atoms with Crippen molar-refractivity contribution in [1.82, 2.24) is 4.57 Å². The zero-order chi connectivity index (χ0) is 31.3. The molecule has 3 nitrogen and oxygen atoms in total. The van der Waals surface area contributed by atoms with Gasteiger partial charge in [-0.1, -0.05) is 127 Å². The summed E-state index contributed by atoms with van der Waals surface area (Å²) in [7, 11) is 0. The summed E-state index contributed by atoms with van der Waals surface area (Å²) >= 11 is 1.92. The zero-order valence-corrected chi connectivity index (χ0v) is 26.8. The van der Waals surface area contributed by atoms with Crippen molar-refractivity contribution in [3.63, 3.8) is 0 Å². The minimum Gasteiger partial charge on any atom is -0.373 e. The first-order valence-corrected chi connectivity index (χ1v) is 17.4. The number of anilines is 2. The molecule has 0 bridgehead atoms. The van der Waals surface area contributed by atoms with Gasteiger partial charge in [0.15, 0.2) is 0 Å². The van der Waals surface area contributed by atoms with Crippen LogP contribution in [0.15, 0.2) is 152 Å². The molecule has 2 unspecified atom stereocenters. The summed E-state index contributed by atoms with van der Waals surface area (Å²) in [5.41, 5.74) is 6.04. The zero-order valence-electron chi connectivity index (χ0n) is 25.9. The van der Waals surface area contributed by atoms with Crippen LogP contribution in [0, 0.1) is 0 Å². The quantitative estimate of drug-likeness (QED) is 0.199. The molecule has 2 atom stereocenters. The molecule has 226 valence electrons. The second-order valence-corrected chi connectivity index (χ2v) is 14.0. The molecular formula is C44H29N3S. The average Bonchev–Trinajstić information content (AvgIpc) is 3.71. The lowest BCUT2D eigenvalue weighted by atomic mass is 9.95. The van der Waals surface area contributed by atoms with Gasteiger partial charge in [-0.15, -0.1) is 11.3 Å². The highest BCUT2D eigenvalue weighted by Gasteiger charge is 2.34. The number of fused-ring (bicyclic) bond motifs is 14. The summed E-state index contributed by atoms with van der Waals surface area (Å²) in [6.45, 7) is 0. The predicted octanol–water partition coefficient (Wildman–Crippen LogP) is 12.4. The number of thiophene rings is 1. The predicted molar refractivity (Wildman–Crippen MR) is 207 cm³/mol.